The highest BCUT2D eigenvalue weighted by atomic mass is 35.5. The molecule has 0 aliphatic carbocycles. The molecule has 7 heteroatoms. The van der Waals surface area contributed by atoms with E-state index in [1.165, 1.54) is 10.4 Å². The summed E-state index contributed by atoms with van der Waals surface area (Å²) >= 11 is 1.85. The fraction of sp³-hybridized carbons (Fsp3) is 0.688. The quantitative estimate of drug-likeness (QED) is 0.842. The smallest absolute Gasteiger partial charge is 0.237 e. The fourth-order valence-electron chi connectivity index (χ4n) is 2.53. The zero-order chi connectivity index (χ0) is 15.6. The second-order valence-corrected chi connectivity index (χ2v) is 8.03. The zero-order valence-electron chi connectivity index (χ0n) is 14.3. The van der Waals surface area contributed by atoms with E-state index in [-0.39, 0.29) is 36.1 Å². The van der Waals surface area contributed by atoms with Crippen LogP contribution in [0.2, 0.25) is 0 Å². The number of hydrogen-bond donors (Lipinski definition) is 2. The summed E-state index contributed by atoms with van der Waals surface area (Å²) in [5.74, 6) is -0.0532. The SMILES string of the molecule is CC(CNC(=O)[C@@H](N)C(C)(C)C)N1CCc2sccc2C1.Cl.Cl. The van der Waals surface area contributed by atoms with E-state index in [0.29, 0.717) is 12.6 Å². The lowest BCUT2D eigenvalue weighted by Crippen LogP contribution is -2.52. The molecule has 0 bridgehead atoms. The number of amides is 1. The van der Waals surface area contributed by atoms with Crippen molar-refractivity contribution in [3.05, 3.63) is 21.9 Å². The summed E-state index contributed by atoms with van der Waals surface area (Å²) in [6, 6.07) is 2.08. The first-order chi connectivity index (χ1) is 9.79. The summed E-state index contributed by atoms with van der Waals surface area (Å²) in [4.78, 5) is 16.0. The Hall–Kier alpha value is -0.330. The third kappa shape index (κ3) is 5.91. The Morgan fingerprint density at radius 1 is 1.43 bits per heavy atom. The van der Waals surface area contributed by atoms with Crippen molar-refractivity contribution in [2.24, 2.45) is 11.1 Å². The standard InChI is InChI=1S/C16H27N3OS.2ClH/c1-11(9-18-15(20)14(17)16(2,3)4)19-7-5-13-12(10-19)6-8-21-13;;/h6,8,11,14H,5,7,9-10,17H2,1-4H3,(H,18,20);2*1H/t11?,14-;;/m1../s1. The maximum Gasteiger partial charge on any atom is 0.237 e. The third-order valence-corrected chi connectivity index (χ3v) is 5.27. The molecule has 3 N–H and O–H groups in total. The van der Waals surface area contributed by atoms with Crippen LogP contribution >= 0.6 is 36.2 Å². The molecule has 4 nitrogen and oxygen atoms in total. The summed E-state index contributed by atoms with van der Waals surface area (Å²) in [6.07, 6.45) is 1.12. The maximum atomic E-state index is 12.1. The minimum atomic E-state index is -0.463. The van der Waals surface area contributed by atoms with Gasteiger partial charge in [-0.15, -0.1) is 36.2 Å². The normalized spacial score (nSPS) is 17.3. The largest absolute Gasteiger partial charge is 0.353 e. The molecule has 0 spiro atoms. The van der Waals surface area contributed by atoms with Crippen molar-refractivity contribution in [3.8, 4) is 0 Å². The summed E-state index contributed by atoms with van der Waals surface area (Å²) < 4.78 is 0. The number of hydrogen-bond acceptors (Lipinski definition) is 4. The van der Waals surface area contributed by atoms with E-state index in [0.717, 1.165) is 19.5 Å². The second kappa shape index (κ2) is 9.23. The van der Waals surface area contributed by atoms with Gasteiger partial charge in [-0.3, -0.25) is 9.69 Å². The lowest BCUT2D eigenvalue weighted by molar-refractivity contribution is -0.124. The number of carbonyl (C=O) groups is 1. The summed E-state index contributed by atoms with van der Waals surface area (Å²) in [6.45, 7) is 10.8. The molecule has 0 fully saturated rings. The zero-order valence-corrected chi connectivity index (χ0v) is 16.7. The highest BCUT2D eigenvalue weighted by Gasteiger charge is 2.28. The number of rotatable bonds is 4. The molecular formula is C16H29Cl2N3OS. The van der Waals surface area contributed by atoms with E-state index in [4.69, 9.17) is 5.73 Å². The number of halogens is 2. The van der Waals surface area contributed by atoms with Crippen LogP contribution in [0.4, 0.5) is 0 Å². The van der Waals surface area contributed by atoms with Crippen LogP contribution in [-0.2, 0) is 17.8 Å². The number of nitrogens with one attached hydrogen (secondary N) is 1. The lowest BCUT2D eigenvalue weighted by Gasteiger charge is -2.33. The summed E-state index contributed by atoms with van der Waals surface area (Å²) in [7, 11) is 0. The topological polar surface area (TPSA) is 58.4 Å². The highest BCUT2D eigenvalue weighted by Crippen LogP contribution is 2.25. The molecule has 1 aliphatic heterocycles. The Bertz CT molecular complexity index is 502. The van der Waals surface area contributed by atoms with Crippen LogP contribution in [0.5, 0.6) is 0 Å². The molecular weight excluding hydrogens is 353 g/mol. The van der Waals surface area contributed by atoms with Gasteiger partial charge in [-0.1, -0.05) is 20.8 Å². The van der Waals surface area contributed by atoms with Gasteiger partial charge in [0.2, 0.25) is 5.91 Å². The van der Waals surface area contributed by atoms with Crippen molar-refractivity contribution >= 4 is 42.1 Å². The molecule has 134 valence electrons. The number of nitrogens with zero attached hydrogens (tertiary/aromatic N) is 1. The molecule has 0 saturated heterocycles. The molecule has 1 aliphatic rings. The van der Waals surface area contributed by atoms with E-state index in [2.05, 4.69) is 28.6 Å². The molecule has 1 unspecified atom stereocenters. The van der Waals surface area contributed by atoms with Gasteiger partial charge in [0.15, 0.2) is 0 Å². The Morgan fingerprint density at radius 3 is 2.70 bits per heavy atom. The van der Waals surface area contributed by atoms with E-state index >= 15 is 0 Å². The highest BCUT2D eigenvalue weighted by molar-refractivity contribution is 7.10. The molecule has 1 aromatic heterocycles. The van der Waals surface area contributed by atoms with Crippen molar-refractivity contribution in [1.82, 2.24) is 10.2 Å². The van der Waals surface area contributed by atoms with Gasteiger partial charge in [0, 0.05) is 30.6 Å². The van der Waals surface area contributed by atoms with Crippen molar-refractivity contribution in [1.29, 1.82) is 0 Å². The minimum Gasteiger partial charge on any atom is -0.353 e. The summed E-state index contributed by atoms with van der Waals surface area (Å²) in [5, 5.41) is 5.17. The first-order valence-electron chi connectivity index (χ1n) is 7.61. The van der Waals surface area contributed by atoms with Crippen molar-refractivity contribution in [2.45, 2.75) is 52.7 Å². The van der Waals surface area contributed by atoms with Gasteiger partial charge >= 0.3 is 0 Å². The Kier molecular flexibility index (Phi) is 9.10. The molecule has 1 aromatic rings. The number of carbonyl (C=O) groups excluding carboxylic acids is 1. The molecule has 2 rings (SSSR count). The second-order valence-electron chi connectivity index (χ2n) is 7.03. The average Bonchev–Trinajstić information content (AvgIpc) is 2.89. The molecule has 0 aromatic carbocycles. The first-order valence-corrected chi connectivity index (χ1v) is 8.49. The van der Waals surface area contributed by atoms with Crippen LogP contribution in [-0.4, -0.2) is 36.0 Å². The van der Waals surface area contributed by atoms with Crippen LogP contribution in [0.1, 0.15) is 38.1 Å². The number of fused-ring (bicyclic) bond motifs is 1. The molecule has 23 heavy (non-hydrogen) atoms. The van der Waals surface area contributed by atoms with Crippen molar-refractivity contribution in [3.63, 3.8) is 0 Å². The maximum absolute atomic E-state index is 12.1. The van der Waals surface area contributed by atoms with E-state index in [1.54, 1.807) is 0 Å². The minimum absolute atomic E-state index is 0. The monoisotopic (exact) mass is 381 g/mol. The fourth-order valence-corrected chi connectivity index (χ4v) is 3.42. The van der Waals surface area contributed by atoms with Gasteiger partial charge in [-0.05, 0) is 35.8 Å². The van der Waals surface area contributed by atoms with Gasteiger partial charge in [0.05, 0.1) is 6.04 Å². The van der Waals surface area contributed by atoms with E-state index < -0.39 is 6.04 Å². The van der Waals surface area contributed by atoms with Crippen LogP contribution in [0.3, 0.4) is 0 Å². The van der Waals surface area contributed by atoms with Gasteiger partial charge < -0.3 is 11.1 Å². The van der Waals surface area contributed by atoms with Crippen LogP contribution in [0, 0.1) is 5.41 Å². The molecule has 2 heterocycles. The van der Waals surface area contributed by atoms with Gasteiger partial charge in [0.1, 0.15) is 0 Å². The summed E-state index contributed by atoms with van der Waals surface area (Å²) in [5.41, 5.74) is 7.22. The van der Waals surface area contributed by atoms with Crippen molar-refractivity contribution in [2.75, 3.05) is 13.1 Å². The Morgan fingerprint density at radius 2 is 2.09 bits per heavy atom. The molecule has 0 saturated carbocycles. The first kappa shape index (κ1) is 22.7. The number of nitrogens with two attached hydrogens (primary N) is 1. The van der Waals surface area contributed by atoms with Crippen LogP contribution < -0.4 is 11.1 Å². The third-order valence-electron chi connectivity index (χ3n) is 4.25. The predicted octanol–water partition coefficient (Wildman–Crippen LogP) is 2.83. The van der Waals surface area contributed by atoms with E-state index in [1.807, 2.05) is 32.1 Å². The van der Waals surface area contributed by atoms with E-state index in [9.17, 15) is 4.79 Å². The Balaban J connectivity index is 0.00000242. The molecule has 2 atom stereocenters. The van der Waals surface area contributed by atoms with Gasteiger partial charge in [0.25, 0.3) is 0 Å². The van der Waals surface area contributed by atoms with Crippen LogP contribution in [0.15, 0.2) is 11.4 Å². The predicted molar refractivity (Wildman–Crippen MR) is 103 cm³/mol. The average molecular weight is 382 g/mol. The number of thiophene rings is 1. The lowest BCUT2D eigenvalue weighted by atomic mass is 9.87. The Labute approximate surface area is 156 Å². The molecule has 1 amide bonds. The van der Waals surface area contributed by atoms with Gasteiger partial charge in [-0.25, -0.2) is 0 Å². The molecule has 0 radical (unpaired) electrons. The van der Waals surface area contributed by atoms with Gasteiger partial charge in [-0.2, -0.15) is 0 Å². The van der Waals surface area contributed by atoms with Crippen LogP contribution in [0.25, 0.3) is 0 Å². The van der Waals surface area contributed by atoms with Crippen molar-refractivity contribution < 1.29 is 4.79 Å².